The molecule has 1 unspecified atom stereocenters. The van der Waals surface area contributed by atoms with Crippen molar-refractivity contribution in [1.82, 2.24) is 9.88 Å². The van der Waals surface area contributed by atoms with E-state index in [0.29, 0.717) is 11.2 Å². The van der Waals surface area contributed by atoms with E-state index in [4.69, 9.17) is 11.6 Å². The Morgan fingerprint density at radius 1 is 1.12 bits per heavy atom. The molecule has 3 aromatic rings. The van der Waals surface area contributed by atoms with E-state index < -0.39 is 0 Å². The number of fused-ring (bicyclic) bond motifs is 1. The number of aryl methyl sites for hydroxylation is 1. The van der Waals surface area contributed by atoms with Crippen LogP contribution in [-0.2, 0) is 6.42 Å². The molecule has 1 aliphatic rings. The van der Waals surface area contributed by atoms with Crippen molar-refractivity contribution < 1.29 is 4.79 Å². The fraction of sp³-hybridized carbons (Fsp3) is 0.273. The van der Waals surface area contributed by atoms with Crippen molar-refractivity contribution >= 4 is 28.4 Å². The molecule has 3 nitrogen and oxygen atoms in total. The molecule has 0 saturated carbocycles. The Bertz CT molecular complexity index is 926. The van der Waals surface area contributed by atoms with Gasteiger partial charge in [-0.3, -0.25) is 4.79 Å². The third kappa shape index (κ3) is 3.58. The summed E-state index contributed by atoms with van der Waals surface area (Å²) >= 11 is 5.94. The molecular weight excluding hydrogens is 344 g/mol. The number of benzene rings is 2. The third-order valence-electron chi connectivity index (χ3n) is 5.15. The highest BCUT2D eigenvalue weighted by atomic mass is 35.5. The zero-order valence-corrected chi connectivity index (χ0v) is 15.3. The predicted octanol–water partition coefficient (Wildman–Crippen LogP) is 5.13. The Morgan fingerprint density at radius 3 is 2.81 bits per heavy atom. The number of pyridine rings is 1. The summed E-state index contributed by atoms with van der Waals surface area (Å²) in [6.07, 6.45) is 4.19. The van der Waals surface area contributed by atoms with Gasteiger partial charge in [-0.25, -0.2) is 4.98 Å². The van der Waals surface area contributed by atoms with Gasteiger partial charge in [-0.2, -0.15) is 0 Å². The Labute approximate surface area is 158 Å². The van der Waals surface area contributed by atoms with Crippen LogP contribution in [0.1, 0.15) is 35.2 Å². The average Bonchev–Trinajstić information content (AvgIpc) is 3.15. The van der Waals surface area contributed by atoms with Crippen LogP contribution in [0, 0.1) is 0 Å². The fourth-order valence-corrected chi connectivity index (χ4v) is 3.93. The maximum absolute atomic E-state index is 13.1. The van der Waals surface area contributed by atoms with Gasteiger partial charge in [0.2, 0.25) is 0 Å². The van der Waals surface area contributed by atoms with Crippen molar-refractivity contribution in [1.29, 1.82) is 0 Å². The lowest BCUT2D eigenvalue weighted by molar-refractivity contribution is 0.0731. The largest absolute Gasteiger partial charge is 0.336 e. The molecule has 1 aromatic heterocycles. The SMILES string of the molecule is O=C(c1ccc2nc(Cl)ccc2c1)N1CCCC1CCc1ccccc1. The molecule has 1 aliphatic heterocycles. The quantitative estimate of drug-likeness (QED) is 0.601. The van der Waals surface area contributed by atoms with Gasteiger partial charge < -0.3 is 4.90 Å². The van der Waals surface area contributed by atoms with Crippen LogP contribution in [0.5, 0.6) is 0 Å². The molecular formula is C22H21ClN2O. The van der Waals surface area contributed by atoms with E-state index in [-0.39, 0.29) is 5.91 Å². The van der Waals surface area contributed by atoms with Crippen LogP contribution in [-0.4, -0.2) is 28.4 Å². The molecule has 0 N–H and O–H groups in total. The van der Waals surface area contributed by atoms with Crippen molar-refractivity contribution in [2.75, 3.05) is 6.54 Å². The zero-order valence-electron chi connectivity index (χ0n) is 14.6. The topological polar surface area (TPSA) is 33.2 Å². The predicted molar refractivity (Wildman–Crippen MR) is 106 cm³/mol. The molecule has 132 valence electrons. The van der Waals surface area contributed by atoms with Crippen LogP contribution in [0.3, 0.4) is 0 Å². The summed E-state index contributed by atoms with van der Waals surface area (Å²) in [5.74, 6) is 0.123. The minimum atomic E-state index is 0.123. The lowest BCUT2D eigenvalue weighted by atomic mass is 10.0. The Kier molecular flexibility index (Phi) is 4.89. The van der Waals surface area contributed by atoms with E-state index in [1.807, 2.05) is 35.2 Å². The van der Waals surface area contributed by atoms with E-state index >= 15 is 0 Å². The number of aromatic nitrogens is 1. The minimum absolute atomic E-state index is 0.123. The highest BCUT2D eigenvalue weighted by Gasteiger charge is 2.29. The van der Waals surface area contributed by atoms with E-state index in [2.05, 4.69) is 29.2 Å². The summed E-state index contributed by atoms with van der Waals surface area (Å²) in [7, 11) is 0. The molecule has 0 spiro atoms. The van der Waals surface area contributed by atoms with E-state index in [9.17, 15) is 4.79 Å². The Balaban J connectivity index is 1.50. The Hall–Kier alpha value is -2.39. The first-order chi connectivity index (χ1) is 12.7. The van der Waals surface area contributed by atoms with Crippen LogP contribution >= 0.6 is 11.6 Å². The molecule has 0 radical (unpaired) electrons. The van der Waals surface area contributed by atoms with Crippen LogP contribution in [0.2, 0.25) is 5.15 Å². The van der Waals surface area contributed by atoms with Gasteiger partial charge in [0.15, 0.2) is 0 Å². The van der Waals surface area contributed by atoms with E-state index in [1.165, 1.54) is 5.56 Å². The lowest BCUT2D eigenvalue weighted by Gasteiger charge is -2.25. The Morgan fingerprint density at radius 2 is 1.96 bits per heavy atom. The fourth-order valence-electron chi connectivity index (χ4n) is 3.78. The summed E-state index contributed by atoms with van der Waals surface area (Å²) in [6, 6.07) is 20.2. The molecule has 1 atom stereocenters. The van der Waals surface area contributed by atoms with E-state index in [0.717, 1.165) is 48.7 Å². The highest BCUT2D eigenvalue weighted by molar-refractivity contribution is 6.29. The number of halogens is 1. The molecule has 0 bridgehead atoms. The van der Waals surface area contributed by atoms with Crippen LogP contribution in [0.15, 0.2) is 60.7 Å². The second-order valence-electron chi connectivity index (χ2n) is 6.86. The molecule has 26 heavy (non-hydrogen) atoms. The number of nitrogens with zero attached hydrogens (tertiary/aromatic N) is 2. The summed E-state index contributed by atoms with van der Waals surface area (Å²) in [4.78, 5) is 19.4. The van der Waals surface area contributed by atoms with Crippen molar-refractivity contribution in [2.45, 2.75) is 31.7 Å². The molecule has 1 fully saturated rings. The highest BCUT2D eigenvalue weighted by Crippen LogP contribution is 2.25. The van der Waals surface area contributed by atoms with Gasteiger partial charge in [0.25, 0.3) is 5.91 Å². The lowest BCUT2D eigenvalue weighted by Crippen LogP contribution is -2.35. The maximum atomic E-state index is 13.1. The van der Waals surface area contributed by atoms with Gasteiger partial charge in [0.05, 0.1) is 5.52 Å². The molecule has 4 heteroatoms. The normalized spacial score (nSPS) is 17.0. The van der Waals surface area contributed by atoms with Gasteiger partial charge in [0, 0.05) is 23.5 Å². The van der Waals surface area contributed by atoms with Crippen LogP contribution in [0.4, 0.5) is 0 Å². The van der Waals surface area contributed by atoms with Gasteiger partial charge >= 0.3 is 0 Å². The maximum Gasteiger partial charge on any atom is 0.254 e. The summed E-state index contributed by atoms with van der Waals surface area (Å²) in [5.41, 5.74) is 2.88. The number of hydrogen-bond donors (Lipinski definition) is 0. The van der Waals surface area contributed by atoms with Crippen molar-refractivity contribution in [3.63, 3.8) is 0 Å². The van der Waals surface area contributed by atoms with Crippen molar-refractivity contribution in [2.24, 2.45) is 0 Å². The van der Waals surface area contributed by atoms with Crippen LogP contribution < -0.4 is 0 Å². The van der Waals surface area contributed by atoms with E-state index in [1.54, 1.807) is 6.07 Å². The van der Waals surface area contributed by atoms with Crippen molar-refractivity contribution in [3.8, 4) is 0 Å². The second kappa shape index (κ2) is 7.46. The van der Waals surface area contributed by atoms with Gasteiger partial charge in [-0.15, -0.1) is 0 Å². The second-order valence-corrected chi connectivity index (χ2v) is 7.25. The molecule has 2 heterocycles. The minimum Gasteiger partial charge on any atom is -0.336 e. The number of likely N-dealkylation sites (tertiary alicyclic amines) is 1. The monoisotopic (exact) mass is 364 g/mol. The first kappa shape index (κ1) is 17.0. The summed E-state index contributed by atoms with van der Waals surface area (Å²) in [5, 5.41) is 1.41. The summed E-state index contributed by atoms with van der Waals surface area (Å²) < 4.78 is 0. The molecule has 1 amide bonds. The van der Waals surface area contributed by atoms with Gasteiger partial charge in [-0.1, -0.05) is 41.9 Å². The zero-order chi connectivity index (χ0) is 17.9. The number of carbonyl (C=O) groups excluding carboxylic acids is 1. The number of carbonyl (C=O) groups is 1. The smallest absolute Gasteiger partial charge is 0.254 e. The molecule has 1 saturated heterocycles. The molecule has 2 aromatic carbocycles. The first-order valence-corrected chi connectivity index (χ1v) is 9.50. The number of hydrogen-bond acceptors (Lipinski definition) is 2. The molecule has 0 aliphatic carbocycles. The third-order valence-corrected chi connectivity index (χ3v) is 5.36. The number of amides is 1. The average molecular weight is 365 g/mol. The summed E-state index contributed by atoms with van der Waals surface area (Å²) in [6.45, 7) is 0.842. The van der Waals surface area contributed by atoms with Crippen LogP contribution in [0.25, 0.3) is 10.9 Å². The first-order valence-electron chi connectivity index (χ1n) is 9.12. The molecule has 4 rings (SSSR count). The number of rotatable bonds is 4. The standard InChI is InChI=1S/C22H21ClN2O/c23-21-13-10-17-15-18(9-12-20(17)24-21)22(26)25-14-4-7-19(25)11-8-16-5-2-1-3-6-16/h1-3,5-6,9-10,12-13,15,19H,4,7-8,11,14H2. The van der Waals surface area contributed by atoms with Crippen molar-refractivity contribution in [3.05, 3.63) is 76.9 Å². The van der Waals surface area contributed by atoms with Gasteiger partial charge in [0.1, 0.15) is 5.15 Å². The van der Waals surface area contributed by atoms with Gasteiger partial charge in [-0.05, 0) is 61.6 Å².